The lowest BCUT2D eigenvalue weighted by Crippen LogP contribution is -2.52. The Balaban J connectivity index is 1.81. The minimum Gasteiger partial charge on any atom is -0.385 e. The van der Waals surface area contributed by atoms with E-state index in [1.807, 2.05) is 116 Å². The van der Waals surface area contributed by atoms with Crippen LogP contribution in [0.1, 0.15) is 23.6 Å². The second kappa shape index (κ2) is 9.03. The molecule has 158 valence electrons. The molecule has 0 saturated carbocycles. The fourth-order valence-electron chi connectivity index (χ4n) is 4.33. The molecule has 1 N–H and O–H groups in total. The van der Waals surface area contributed by atoms with Crippen molar-refractivity contribution in [1.82, 2.24) is 0 Å². The minimum atomic E-state index is -1.22. The van der Waals surface area contributed by atoms with Crippen LogP contribution in [0.5, 0.6) is 0 Å². The van der Waals surface area contributed by atoms with Crippen LogP contribution in [0.3, 0.4) is 0 Å². The normalized spacial score (nSPS) is 22.5. The van der Waals surface area contributed by atoms with E-state index in [1.54, 1.807) is 7.11 Å². The number of hydrogen-bond donors (Lipinski definition) is 1. The molecule has 3 aromatic rings. The molecule has 1 aliphatic carbocycles. The lowest BCUT2D eigenvalue weighted by atomic mass is 9.71. The van der Waals surface area contributed by atoms with Crippen molar-refractivity contribution >= 4 is 5.57 Å². The molecule has 3 atom stereocenters. The zero-order valence-electron chi connectivity index (χ0n) is 17.9. The molecule has 0 heterocycles. The largest absolute Gasteiger partial charge is 0.385 e. The lowest BCUT2D eigenvalue weighted by Gasteiger charge is -2.47. The predicted octanol–water partition coefficient (Wildman–Crippen LogP) is 5.72. The highest BCUT2D eigenvalue weighted by molar-refractivity contribution is 5.74. The number of ether oxygens (including phenoxy) is 2. The summed E-state index contributed by atoms with van der Waals surface area (Å²) in [6.45, 7) is 2.18. The molecule has 1 aliphatic rings. The molecule has 0 aliphatic heterocycles. The highest BCUT2D eigenvalue weighted by Gasteiger charge is 2.53. The van der Waals surface area contributed by atoms with E-state index in [4.69, 9.17) is 9.47 Å². The van der Waals surface area contributed by atoms with Crippen molar-refractivity contribution in [3.05, 3.63) is 126 Å². The number of rotatable bonds is 7. The Morgan fingerprint density at radius 2 is 1.45 bits per heavy atom. The molecule has 0 saturated heterocycles. The summed E-state index contributed by atoms with van der Waals surface area (Å²) in [5.41, 5.74) is 2.51. The molecule has 3 heteroatoms. The quantitative estimate of drug-likeness (QED) is 0.504. The third-order valence-corrected chi connectivity index (χ3v) is 6.00. The molecule has 0 bridgehead atoms. The first-order chi connectivity index (χ1) is 15.1. The number of hydrogen-bond acceptors (Lipinski definition) is 3. The van der Waals surface area contributed by atoms with Crippen LogP contribution >= 0.6 is 0 Å². The fraction of sp³-hybridized carbons (Fsp3) is 0.214. The van der Waals surface area contributed by atoms with Gasteiger partial charge in [-0.2, -0.15) is 0 Å². The third-order valence-electron chi connectivity index (χ3n) is 6.00. The predicted molar refractivity (Wildman–Crippen MR) is 124 cm³/mol. The molecule has 3 aromatic carbocycles. The van der Waals surface area contributed by atoms with Gasteiger partial charge in [-0.1, -0.05) is 109 Å². The molecule has 4 rings (SSSR count). The van der Waals surface area contributed by atoms with E-state index in [9.17, 15) is 5.11 Å². The van der Waals surface area contributed by atoms with E-state index < -0.39 is 17.3 Å². The summed E-state index contributed by atoms with van der Waals surface area (Å²) in [6, 6.07) is 29.8. The summed E-state index contributed by atoms with van der Waals surface area (Å²) in [5.74, 6) is -1.65. The molecule has 0 radical (unpaired) electrons. The van der Waals surface area contributed by atoms with Crippen molar-refractivity contribution in [2.45, 2.75) is 24.9 Å². The van der Waals surface area contributed by atoms with Gasteiger partial charge in [0.15, 0.2) is 0 Å². The smallest absolute Gasteiger partial charge is 0.205 e. The summed E-state index contributed by atoms with van der Waals surface area (Å²) in [7, 11) is 1.65. The van der Waals surface area contributed by atoms with Crippen LogP contribution in [-0.4, -0.2) is 18.0 Å². The number of methoxy groups -OCH3 is 1. The van der Waals surface area contributed by atoms with Gasteiger partial charge in [0, 0.05) is 12.7 Å². The third kappa shape index (κ3) is 4.13. The Morgan fingerprint density at radius 3 is 2.06 bits per heavy atom. The van der Waals surface area contributed by atoms with Crippen molar-refractivity contribution in [2.24, 2.45) is 5.92 Å². The van der Waals surface area contributed by atoms with Crippen LogP contribution in [0, 0.1) is 5.92 Å². The van der Waals surface area contributed by atoms with E-state index in [-0.39, 0.29) is 0 Å². The van der Waals surface area contributed by atoms with Gasteiger partial charge in [-0.15, -0.1) is 0 Å². The molecular formula is C28H28O3. The van der Waals surface area contributed by atoms with Gasteiger partial charge in [0.1, 0.15) is 0 Å². The zero-order chi connectivity index (χ0) is 21.7. The average Bonchev–Trinajstić information content (AvgIpc) is 2.84. The molecule has 0 amide bonds. The SMILES string of the molecule is COC1(OCc2ccccc2)C(c2ccccc2)=CC=CC1C(C)(O)c1ccccc1. The summed E-state index contributed by atoms with van der Waals surface area (Å²) in [6.07, 6.45) is 5.98. The van der Waals surface area contributed by atoms with Crippen LogP contribution in [0.25, 0.3) is 5.57 Å². The Bertz CT molecular complexity index is 1040. The maximum Gasteiger partial charge on any atom is 0.205 e. The summed E-state index contributed by atoms with van der Waals surface area (Å²) in [4.78, 5) is 0. The van der Waals surface area contributed by atoms with E-state index >= 15 is 0 Å². The van der Waals surface area contributed by atoms with Crippen molar-refractivity contribution in [2.75, 3.05) is 7.11 Å². The van der Waals surface area contributed by atoms with Gasteiger partial charge >= 0.3 is 0 Å². The number of aliphatic hydroxyl groups is 1. The van der Waals surface area contributed by atoms with Crippen LogP contribution in [0.4, 0.5) is 0 Å². The lowest BCUT2D eigenvalue weighted by molar-refractivity contribution is -0.242. The second-order valence-electron chi connectivity index (χ2n) is 7.97. The van der Waals surface area contributed by atoms with Gasteiger partial charge in [0.2, 0.25) is 5.79 Å². The summed E-state index contributed by atoms with van der Waals surface area (Å²) >= 11 is 0. The van der Waals surface area contributed by atoms with Gasteiger partial charge < -0.3 is 14.6 Å². The molecule has 3 unspecified atom stereocenters. The zero-order valence-corrected chi connectivity index (χ0v) is 17.9. The van der Waals surface area contributed by atoms with Gasteiger partial charge in [0.05, 0.1) is 18.1 Å². The summed E-state index contributed by atoms with van der Waals surface area (Å²) < 4.78 is 12.8. The van der Waals surface area contributed by atoms with Crippen molar-refractivity contribution in [1.29, 1.82) is 0 Å². The molecule has 31 heavy (non-hydrogen) atoms. The first-order valence-electron chi connectivity index (χ1n) is 10.5. The standard InChI is InChI=1S/C28H28O3/c1-27(29,24-17-10-5-11-18-24)26-20-12-19-25(23-15-8-4-9-16-23)28(26,30-2)31-21-22-13-6-3-7-14-22/h3-20,26,29H,21H2,1-2H3. The van der Waals surface area contributed by atoms with Gasteiger partial charge in [-0.25, -0.2) is 0 Å². The molecule has 0 spiro atoms. The number of allylic oxidation sites excluding steroid dienone is 2. The maximum atomic E-state index is 11.8. The molecule has 0 aromatic heterocycles. The fourth-order valence-corrected chi connectivity index (χ4v) is 4.33. The topological polar surface area (TPSA) is 38.7 Å². The van der Waals surface area contributed by atoms with E-state index in [1.165, 1.54) is 0 Å². The monoisotopic (exact) mass is 412 g/mol. The Kier molecular flexibility index (Phi) is 6.19. The minimum absolute atomic E-state index is 0.355. The van der Waals surface area contributed by atoms with Crippen LogP contribution in [-0.2, 0) is 21.7 Å². The second-order valence-corrected chi connectivity index (χ2v) is 7.97. The van der Waals surface area contributed by atoms with Crippen molar-refractivity contribution in [3.8, 4) is 0 Å². The van der Waals surface area contributed by atoms with Gasteiger partial charge in [0.25, 0.3) is 0 Å². The first-order valence-corrected chi connectivity index (χ1v) is 10.5. The van der Waals surface area contributed by atoms with Crippen molar-refractivity contribution < 1.29 is 14.6 Å². The van der Waals surface area contributed by atoms with E-state index in [0.717, 1.165) is 22.3 Å². The van der Waals surface area contributed by atoms with E-state index in [2.05, 4.69) is 0 Å². The van der Waals surface area contributed by atoms with E-state index in [0.29, 0.717) is 6.61 Å². The summed E-state index contributed by atoms with van der Waals surface area (Å²) in [5, 5.41) is 11.8. The highest BCUT2D eigenvalue weighted by atomic mass is 16.7. The van der Waals surface area contributed by atoms with Gasteiger partial charge in [-0.3, -0.25) is 0 Å². The molecule has 0 fully saturated rings. The van der Waals surface area contributed by atoms with Crippen LogP contribution < -0.4 is 0 Å². The Labute approximate surface area is 184 Å². The first kappa shape index (κ1) is 21.3. The van der Waals surface area contributed by atoms with Crippen molar-refractivity contribution in [3.63, 3.8) is 0 Å². The number of benzene rings is 3. The Morgan fingerprint density at radius 1 is 0.871 bits per heavy atom. The maximum absolute atomic E-state index is 11.8. The van der Waals surface area contributed by atoms with Crippen LogP contribution in [0.15, 0.2) is 109 Å². The molecule has 3 nitrogen and oxygen atoms in total. The van der Waals surface area contributed by atoms with Gasteiger partial charge in [-0.05, 0) is 23.6 Å². The van der Waals surface area contributed by atoms with Crippen LogP contribution in [0.2, 0.25) is 0 Å². The highest BCUT2D eigenvalue weighted by Crippen LogP contribution is 2.49. The molecular weight excluding hydrogens is 384 g/mol. The average molecular weight is 413 g/mol. The Hall–Kier alpha value is -2.98.